The molecule has 0 spiro atoms. The Kier molecular flexibility index (Phi) is 6.63. The van der Waals surface area contributed by atoms with Crippen molar-refractivity contribution < 1.29 is 24.2 Å². The first-order chi connectivity index (χ1) is 10.8. The second kappa shape index (κ2) is 8.22. The number of amides is 1. The van der Waals surface area contributed by atoms with Crippen molar-refractivity contribution in [3.05, 3.63) is 35.9 Å². The van der Waals surface area contributed by atoms with Crippen molar-refractivity contribution in [3.63, 3.8) is 0 Å². The molecular formula is C17H23NO5. The van der Waals surface area contributed by atoms with Gasteiger partial charge in [-0.05, 0) is 18.6 Å². The number of rotatable bonds is 8. The molecule has 0 aromatic heterocycles. The Balaban J connectivity index is 3.15. The van der Waals surface area contributed by atoms with Gasteiger partial charge in [0.15, 0.2) is 11.5 Å². The van der Waals surface area contributed by atoms with Crippen LogP contribution in [0.25, 0.3) is 0 Å². The Morgan fingerprint density at radius 2 is 2.00 bits per heavy atom. The van der Waals surface area contributed by atoms with Gasteiger partial charge in [-0.1, -0.05) is 13.0 Å². The fourth-order valence-corrected chi connectivity index (χ4v) is 2.27. The molecule has 0 heterocycles. The summed E-state index contributed by atoms with van der Waals surface area (Å²) < 4.78 is 10.6. The maximum atomic E-state index is 12.5. The second-order valence-electron chi connectivity index (χ2n) is 5.29. The Hall–Kier alpha value is -2.50. The SMILES string of the molecule is C=CCc1cc(C(=O)N(C)CC(C)C(=O)O)cc(OC)c1OC. The van der Waals surface area contributed by atoms with Crippen molar-refractivity contribution in [1.29, 1.82) is 0 Å². The topological polar surface area (TPSA) is 76.1 Å². The summed E-state index contributed by atoms with van der Waals surface area (Å²) in [6.07, 6.45) is 2.23. The number of hydrogen-bond donors (Lipinski definition) is 1. The number of carboxylic acids is 1. The van der Waals surface area contributed by atoms with Gasteiger partial charge in [-0.3, -0.25) is 9.59 Å². The number of hydrogen-bond acceptors (Lipinski definition) is 4. The zero-order valence-corrected chi connectivity index (χ0v) is 14.0. The molecule has 0 saturated heterocycles. The molecule has 6 heteroatoms. The molecule has 0 radical (unpaired) electrons. The minimum Gasteiger partial charge on any atom is -0.493 e. The van der Waals surface area contributed by atoms with Crippen molar-refractivity contribution in [1.82, 2.24) is 4.90 Å². The molecule has 1 amide bonds. The van der Waals surface area contributed by atoms with Crippen LogP contribution in [0.4, 0.5) is 0 Å². The van der Waals surface area contributed by atoms with Gasteiger partial charge in [0.05, 0.1) is 20.1 Å². The van der Waals surface area contributed by atoms with E-state index in [-0.39, 0.29) is 12.5 Å². The molecule has 1 aromatic rings. The van der Waals surface area contributed by atoms with Gasteiger partial charge in [-0.25, -0.2) is 0 Å². The van der Waals surface area contributed by atoms with Crippen molar-refractivity contribution in [2.75, 3.05) is 27.8 Å². The summed E-state index contributed by atoms with van der Waals surface area (Å²) in [7, 11) is 4.61. The van der Waals surface area contributed by atoms with E-state index in [1.54, 1.807) is 32.2 Å². The fraction of sp³-hybridized carbons (Fsp3) is 0.412. The van der Waals surface area contributed by atoms with Crippen LogP contribution in [0.3, 0.4) is 0 Å². The van der Waals surface area contributed by atoms with E-state index < -0.39 is 11.9 Å². The van der Waals surface area contributed by atoms with Crippen LogP contribution in [-0.2, 0) is 11.2 Å². The van der Waals surface area contributed by atoms with Crippen LogP contribution in [0, 0.1) is 5.92 Å². The highest BCUT2D eigenvalue weighted by Crippen LogP contribution is 2.33. The van der Waals surface area contributed by atoms with Gasteiger partial charge in [0.25, 0.3) is 5.91 Å². The summed E-state index contributed by atoms with van der Waals surface area (Å²) in [6, 6.07) is 3.31. The van der Waals surface area contributed by atoms with Gasteiger partial charge in [0.1, 0.15) is 0 Å². The van der Waals surface area contributed by atoms with Gasteiger partial charge >= 0.3 is 5.97 Å². The van der Waals surface area contributed by atoms with Crippen molar-refractivity contribution >= 4 is 11.9 Å². The van der Waals surface area contributed by atoms with Gasteiger partial charge in [0, 0.05) is 24.7 Å². The molecule has 1 atom stereocenters. The molecule has 0 aliphatic rings. The molecule has 0 bridgehead atoms. The van der Waals surface area contributed by atoms with E-state index in [0.717, 1.165) is 5.56 Å². The predicted octanol–water partition coefficient (Wildman–Crippen LogP) is 2.22. The number of methoxy groups -OCH3 is 2. The second-order valence-corrected chi connectivity index (χ2v) is 5.29. The van der Waals surface area contributed by atoms with E-state index >= 15 is 0 Å². The van der Waals surface area contributed by atoms with E-state index in [9.17, 15) is 9.59 Å². The first-order valence-corrected chi connectivity index (χ1v) is 7.19. The maximum Gasteiger partial charge on any atom is 0.308 e. The van der Waals surface area contributed by atoms with Crippen LogP contribution in [0.2, 0.25) is 0 Å². The van der Waals surface area contributed by atoms with E-state index in [4.69, 9.17) is 14.6 Å². The highest BCUT2D eigenvalue weighted by atomic mass is 16.5. The number of carbonyl (C=O) groups is 2. The molecule has 1 rings (SSSR count). The molecule has 0 saturated carbocycles. The number of carboxylic acid groups (broad SMARTS) is 1. The minimum absolute atomic E-state index is 0.124. The molecule has 6 nitrogen and oxygen atoms in total. The number of carbonyl (C=O) groups excluding carboxylic acids is 1. The Labute approximate surface area is 136 Å². The third-order valence-corrected chi connectivity index (χ3v) is 3.48. The normalized spacial score (nSPS) is 11.5. The zero-order chi connectivity index (χ0) is 17.6. The molecule has 0 aliphatic carbocycles. The third-order valence-electron chi connectivity index (χ3n) is 3.48. The molecule has 0 aliphatic heterocycles. The lowest BCUT2D eigenvalue weighted by molar-refractivity contribution is -0.141. The van der Waals surface area contributed by atoms with Crippen LogP contribution < -0.4 is 9.47 Å². The predicted molar refractivity (Wildman–Crippen MR) is 87.2 cm³/mol. The molecule has 126 valence electrons. The largest absolute Gasteiger partial charge is 0.493 e. The fourth-order valence-electron chi connectivity index (χ4n) is 2.27. The van der Waals surface area contributed by atoms with E-state index in [1.807, 2.05) is 0 Å². The van der Waals surface area contributed by atoms with Crippen molar-refractivity contribution in [3.8, 4) is 11.5 Å². The van der Waals surface area contributed by atoms with Gasteiger partial charge in [-0.15, -0.1) is 6.58 Å². The standard InChI is InChI=1S/C17H23NO5/c1-6-7-12-8-13(9-14(22-4)15(12)23-5)16(19)18(3)10-11(2)17(20)21/h6,8-9,11H,1,7,10H2,2-5H3,(H,20,21). The molecule has 1 N–H and O–H groups in total. The Bertz CT molecular complexity index is 597. The highest BCUT2D eigenvalue weighted by Gasteiger charge is 2.21. The monoisotopic (exact) mass is 321 g/mol. The summed E-state index contributed by atoms with van der Waals surface area (Å²) >= 11 is 0. The van der Waals surface area contributed by atoms with Gasteiger partial charge in [0.2, 0.25) is 0 Å². The first-order valence-electron chi connectivity index (χ1n) is 7.19. The number of benzene rings is 1. The molecule has 0 fully saturated rings. The molecule has 23 heavy (non-hydrogen) atoms. The van der Waals surface area contributed by atoms with Crippen LogP contribution in [0.1, 0.15) is 22.8 Å². The molecule has 1 aromatic carbocycles. The quantitative estimate of drug-likeness (QED) is 0.743. The van der Waals surface area contributed by atoms with Gasteiger partial charge < -0.3 is 19.5 Å². The van der Waals surface area contributed by atoms with Crippen LogP contribution in [0.15, 0.2) is 24.8 Å². The van der Waals surface area contributed by atoms with Crippen LogP contribution >= 0.6 is 0 Å². The van der Waals surface area contributed by atoms with Crippen molar-refractivity contribution in [2.24, 2.45) is 5.92 Å². The van der Waals surface area contributed by atoms with E-state index in [0.29, 0.717) is 23.5 Å². The number of nitrogens with zero attached hydrogens (tertiary/aromatic N) is 1. The minimum atomic E-state index is -0.940. The number of aliphatic carboxylic acids is 1. The molecule has 1 unspecified atom stereocenters. The first kappa shape index (κ1) is 18.5. The smallest absolute Gasteiger partial charge is 0.308 e. The Morgan fingerprint density at radius 1 is 1.35 bits per heavy atom. The zero-order valence-electron chi connectivity index (χ0n) is 14.0. The van der Waals surface area contributed by atoms with Gasteiger partial charge in [-0.2, -0.15) is 0 Å². The highest BCUT2D eigenvalue weighted by molar-refractivity contribution is 5.95. The lowest BCUT2D eigenvalue weighted by Crippen LogP contribution is -2.33. The lowest BCUT2D eigenvalue weighted by Gasteiger charge is -2.21. The Morgan fingerprint density at radius 3 is 2.48 bits per heavy atom. The summed E-state index contributed by atoms with van der Waals surface area (Å²) in [4.78, 5) is 24.9. The average molecular weight is 321 g/mol. The van der Waals surface area contributed by atoms with E-state index in [1.165, 1.54) is 19.1 Å². The van der Waals surface area contributed by atoms with Crippen LogP contribution in [-0.4, -0.2) is 49.7 Å². The summed E-state index contributed by atoms with van der Waals surface area (Å²) in [6.45, 7) is 5.38. The number of ether oxygens (including phenoxy) is 2. The maximum absolute atomic E-state index is 12.5. The lowest BCUT2D eigenvalue weighted by atomic mass is 10.0. The summed E-state index contributed by atoms with van der Waals surface area (Å²) in [5.41, 5.74) is 1.20. The number of allylic oxidation sites excluding steroid dienone is 1. The van der Waals surface area contributed by atoms with E-state index in [2.05, 4.69) is 6.58 Å². The summed E-state index contributed by atoms with van der Waals surface area (Å²) in [5.74, 6) is -0.842. The van der Waals surface area contributed by atoms with Crippen molar-refractivity contribution in [2.45, 2.75) is 13.3 Å². The summed E-state index contributed by atoms with van der Waals surface area (Å²) in [5, 5.41) is 8.96. The average Bonchev–Trinajstić information content (AvgIpc) is 2.53. The van der Waals surface area contributed by atoms with Crippen LogP contribution in [0.5, 0.6) is 11.5 Å². The third kappa shape index (κ3) is 4.48. The molecular weight excluding hydrogens is 298 g/mol.